The maximum Gasteiger partial charge on any atom is 0.333 e. The summed E-state index contributed by atoms with van der Waals surface area (Å²) in [7, 11) is 0. The summed E-state index contributed by atoms with van der Waals surface area (Å²) in [6.07, 6.45) is 2.02. The Morgan fingerprint density at radius 2 is 2.14 bits per heavy atom. The van der Waals surface area contributed by atoms with Crippen molar-refractivity contribution in [2.75, 3.05) is 13.3 Å². The highest BCUT2D eigenvalue weighted by molar-refractivity contribution is 5.13. The number of ether oxygens (including phenoxy) is 1. The molecular weight excluding hydrogens is 375 g/mol. The molecule has 28 heavy (non-hydrogen) atoms. The number of aliphatic hydroxyl groups is 1. The molecule has 2 saturated heterocycles. The molecule has 2 aliphatic rings. The number of nitrogens with zero attached hydrogens (tertiary/aromatic N) is 5. The molecule has 2 aromatic rings. The lowest BCUT2D eigenvalue weighted by molar-refractivity contribution is -0.123. The van der Waals surface area contributed by atoms with Crippen LogP contribution >= 0.6 is 0 Å². The van der Waals surface area contributed by atoms with E-state index in [1.165, 1.54) is 21.6 Å². The monoisotopic (exact) mass is 396 g/mol. The maximum absolute atomic E-state index is 14.5. The Kier molecular flexibility index (Phi) is 4.46. The van der Waals surface area contributed by atoms with Crippen molar-refractivity contribution in [1.29, 1.82) is 0 Å². The van der Waals surface area contributed by atoms with Gasteiger partial charge in [-0.2, -0.15) is 0 Å². The molecule has 9 nitrogen and oxygen atoms in total. The Morgan fingerprint density at radius 3 is 2.79 bits per heavy atom. The molecule has 2 aromatic heterocycles. The van der Waals surface area contributed by atoms with Gasteiger partial charge in [0.05, 0.1) is 25.9 Å². The van der Waals surface area contributed by atoms with Crippen molar-refractivity contribution in [1.82, 2.24) is 24.1 Å². The van der Waals surface area contributed by atoms with Crippen LogP contribution in [0.25, 0.3) is 0 Å². The Labute approximate surface area is 158 Å². The molecule has 2 bridgehead atoms. The van der Waals surface area contributed by atoms with Gasteiger partial charge in [0, 0.05) is 18.2 Å². The summed E-state index contributed by atoms with van der Waals surface area (Å²) in [6.45, 7) is 0.350. The van der Waals surface area contributed by atoms with E-state index in [0.29, 0.717) is 12.1 Å². The standard InChI is InChI=1S/C17H21F2N5O4/c1-11-7-24(17-3-2-16(10-25,28-17)13(19)6-17)15(27)23(14(11)26)9-12-8-22(5-4-18)21-20-12/h7-8,13,25H,2-6,9-10H2,1H3/i18-1. The van der Waals surface area contributed by atoms with E-state index in [0.717, 1.165) is 4.57 Å². The Hall–Kier alpha value is -2.40. The minimum Gasteiger partial charge on any atom is -0.393 e. The fourth-order valence-corrected chi connectivity index (χ4v) is 4.13. The van der Waals surface area contributed by atoms with Crippen LogP contribution in [0.5, 0.6) is 0 Å². The lowest BCUT2D eigenvalue weighted by atomic mass is 9.84. The van der Waals surface area contributed by atoms with Crippen molar-refractivity contribution < 1.29 is 18.6 Å². The van der Waals surface area contributed by atoms with Crippen LogP contribution in [0.3, 0.4) is 0 Å². The van der Waals surface area contributed by atoms with Crippen LogP contribution in [-0.4, -0.2) is 54.3 Å². The van der Waals surface area contributed by atoms with Gasteiger partial charge in [-0.3, -0.25) is 13.9 Å². The number of hydrogen-bond acceptors (Lipinski definition) is 6. The van der Waals surface area contributed by atoms with Crippen LogP contribution in [0.1, 0.15) is 30.5 Å². The average molecular weight is 396 g/mol. The first kappa shape index (κ1) is 18.9. The second-order valence-electron chi connectivity index (χ2n) is 7.46. The Morgan fingerprint density at radius 1 is 1.36 bits per heavy atom. The summed E-state index contributed by atoms with van der Waals surface area (Å²) in [4.78, 5) is 25.7. The molecule has 4 heterocycles. The van der Waals surface area contributed by atoms with Gasteiger partial charge in [-0.25, -0.2) is 18.3 Å². The van der Waals surface area contributed by atoms with E-state index in [1.54, 1.807) is 6.92 Å². The fraction of sp³-hybridized carbons (Fsp3) is 0.647. The van der Waals surface area contributed by atoms with Crippen LogP contribution in [0.4, 0.5) is 8.78 Å². The number of hydrogen-bond donors (Lipinski definition) is 1. The molecule has 152 valence electrons. The van der Waals surface area contributed by atoms with Gasteiger partial charge in [0.1, 0.15) is 24.1 Å². The maximum atomic E-state index is 14.5. The van der Waals surface area contributed by atoms with Crippen molar-refractivity contribution in [3.8, 4) is 0 Å². The molecule has 0 spiro atoms. The van der Waals surface area contributed by atoms with Crippen LogP contribution in [0.15, 0.2) is 22.0 Å². The van der Waals surface area contributed by atoms with Crippen molar-refractivity contribution in [3.63, 3.8) is 0 Å². The lowest BCUT2D eigenvalue weighted by Crippen LogP contribution is -2.48. The summed E-state index contributed by atoms with van der Waals surface area (Å²) in [5, 5.41) is 17.2. The summed E-state index contributed by atoms with van der Waals surface area (Å²) in [5.41, 5.74) is -3.07. The molecule has 2 aliphatic heterocycles. The minimum absolute atomic E-state index is 0.0258. The molecule has 0 amide bonds. The molecule has 3 unspecified atom stereocenters. The van der Waals surface area contributed by atoms with E-state index in [4.69, 9.17) is 4.74 Å². The van der Waals surface area contributed by atoms with E-state index in [2.05, 4.69) is 10.3 Å². The molecule has 0 aliphatic carbocycles. The van der Waals surface area contributed by atoms with E-state index >= 15 is 0 Å². The Balaban J connectivity index is 1.75. The third kappa shape index (κ3) is 2.72. The van der Waals surface area contributed by atoms with Crippen molar-refractivity contribution in [3.05, 3.63) is 44.5 Å². The zero-order chi connectivity index (χ0) is 20.1. The average Bonchev–Trinajstić information content (AvgIpc) is 3.35. The second-order valence-corrected chi connectivity index (χ2v) is 7.46. The van der Waals surface area contributed by atoms with Crippen LogP contribution in [-0.2, 0) is 23.6 Å². The molecule has 0 radical (unpaired) electrons. The van der Waals surface area contributed by atoms with E-state index < -0.39 is 42.0 Å². The summed E-state index contributed by atoms with van der Waals surface area (Å²) >= 11 is 0. The predicted molar refractivity (Wildman–Crippen MR) is 92.4 cm³/mol. The van der Waals surface area contributed by atoms with Gasteiger partial charge in [0.25, 0.3) is 5.56 Å². The smallest absolute Gasteiger partial charge is 0.333 e. The van der Waals surface area contributed by atoms with Gasteiger partial charge in [-0.15, -0.1) is 5.10 Å². The van der Waals surface area contributed by atoms with Gasteiger partial charge in [0.15, 0.2) is 5.72 Å². The zero-order valence-corrected chi connectivity index (χ0v) is 15.3. The molecule has 2 fully saturated rings. The summed E-state index contributed by atoms with van der Waals surface area (Å²) < 4.78 is 36.3. The highest BCUT2D eigenvalue weighted by atomic mass is 19.1. The van der Waals surface area contributed by atoms with E-state index in [9.17, 15) is 23.5 Å². The van der Waals surface area contributed by atoms with Crippen LogP contribution < -0.4 is 11.2 Å². The minimum atomic E-state index is -1.40. The number of alkyl halides is 2. The van der Waals surface area contributed by atoms with Gasteiger partial charge < -0.3 is 9.84 Å². The lowest BCUT2D eigenvalue weighted by Gasteiger charge is -2.28. The normalized spacial score (nSPS) is 28.9. The third-order valence-electron chi connectivity index (χ3n) is 5.67. The summed E-state index contributed by atoms with van der Waals surface area (Å²) in [5.74, 6) is 0. The first-order valence-corrected chi connectivity index (χ1v) is 9.08. The van der Waals surface area contributed by atoms with Gasteiger partial charge in [-0.1, -0.05) is 5.21 Å². The molecule has 3 atom stereocenters. The number of aliphatic hydroxyl groups excluding tert-OH is 1. The number of aromatic nitrogens is 5. The highest BCUT2D eigenvalue weighted by Gasteiger charge is 2.63. The molecular formula is C17H21F2N5O4. The van der Waals surface area contributed by atoms with Gasteiger partial charge in [0.2, 0.25) is 0 Å². The molecule has 0 saturated carbocycles. The number of fused-ring (bicyclic) bond motifs is 2. The van der Waals surface area contributed by atoms with Crippen molar-refractivity contribution in [2.24, 2.45) is 0 Å². The second kappa shape index (κ2) is 6.59. The topological polar surface area (TPSA) is 104 Å². The van der Waals surface area contributed by atoms with Crippen molar-refractivity contribution >= 4 is 0 Å². The highest BCUT2D eigenvalue weighted by Crippen LogP contribution is 2.54. The van der Waals surface area contributed by atoms with Gasteiger partial charge in [-0.05, 0) is 19.8 Å². The SMILES string of the molecule is Cc1cn(C23CCC(CO)(O2)C(F)C3)c(=O)n(Cc2cn(CC[18F])nn2)c1=O. The zero-order valence-electron chi connectivity index (χ0n) is 15.3. The molecule has 11 heteroatoms. The number of aryl methyl sites for hydroxylation is 2. The van der Waals surface area contributed by atoms with Crippen LogP contribution in [0, 0.1) is 6.92 Å². The molecule has 4 rings (SSSR count). The number of halogens is 2. The molecule has 1 N–H and O–H groups in total. The summed E-state index contributed by atoms with van der Waals surface area (Å²) in [6, 6.07) is 0. The van der Waals surface area contributed by atoms with Gasteiger partial charge >= 0.3 is 5.69 Å². The Bertz CT molecular complexity index is 1020. The van der Waals surface area contributed by atoms with E-state index in [1.807, 2.05) is 0 Å². The number of rotatable bonds is 6. The first-order chi connectivity index (χ1) is 13.3. The quantitative estimate of drug-likeness (QED) is 0.729. The first-order valence-electron chi connectivity index (χ1n) is 9.08. The third-order valence-corrected chi connectivity index (χ3v) is 5.67. The van der Waals surface area contributed by atoms with E-state index in [-0.39, 0.29) is 31.5 Å². The molecule has 0 aromatic carbocycles. The predicted octanol–water partition coefficient (Wildman–Crippen LogP) is -0.136. The van der Waals surface area contributed by atoms with Crippen LogP contribution in [0.2, 0.25) is 0 Å². The fourth-order valence-electron chi connectivity index (χ4n) is 4.13. The largest absolute Gasteiger partial charge is 0.393 e. The van der Waals surface area contributed by atoms with Crippen molar-refractivity contribution in [2.45, 2.75) is 56.8 Å².